The Bertz CT molecular complexity index is 724. The molecule has 0 radical (unpaired) electrons. The van der Waals surface area contributed by atoms with Crippen molar-refractivity contribution in [3.05, 3.63) is 30.3 Å². The number of hydrazone groups is 1. The summed E-state index contributed by atoms with van der Waals surface area (Å²) < 4.78 is 0. The molecule has 26 heavy (non-hydrogen) atoms. The van der Waals surface area contributed by atoms with Gasteiger partial charge in [-0.15, -0.1) is 0 Å². The summed E-state index contributed by atoms with van der Waals surface area (Å²) in [4.78, 5) is 36.3. The molecular weight excluding hydrogens is 334 g/mol. The number of nitrogens with zero attached hydrogens (tertiary/aromatic N) is 2. The molecule has 1 saturated carbocycles. The lowest BCUT2D eigenvalue weighted by atomic mass is 9.74. The van der Waals surface area contributed by atoms with Crippen LogP contribution in [0.2, 0.25) is 0 Å². The van der Waals surface area contributed by atoms with Crippen molar-refractivity contribution in [2.45, 2.75) is 44.9 Å². The number of rotatable bonds is 5. The third-order valence-corrected chi connectivity index (χ3v) is 5.15. The van der Waals surface area contributed by atoms with Crippen molar-refractivity contribution in [3.63, 3.8) is 0 Å². The number of benzene rings is 1. The Kier molecular flexibility index (Phi) is 5.35. The normalized spacial score (nSPS) is 19.6. The third-order valence-electron chi connectivity index (χ3n) is 5.15. The zero-order valence-corrected chi connectivity index (χ0v) is 14.6. The van der Waals surface area contributed by atoms with E-state index in [1.165, 1.54) is 5.01 Å². The van der Waals surface area contributed by atoms with Crippen LogP contribution in [0.25, 0.3) is 0 Å². The molecule has 0 unspecified atom stereocenters. The molecule has 138 valence electrons. The van der Waals surface area contributed by atoms with Gasteiger partial charge in [0, 0.05) is 19.4 Å². The number of carboxylic acids is 1. The van der Waals surface area contributed by atoms with Gasteiger partial charge in [-0.3, -0.25) is 14.4 Å². The van der Waals surface area contributed by atoms with Crippen molar-refractivity contribution in [2.24, 2.45) is 10.5 Å². The predicted molar refractivity (Wildman–Crippen MR) is 96.8 cm³/mol. The Morgan fingerprint density at radius 2 is 1.81 bits per heavy atom. The number of nitrogens with one attached hydrogen (secondary N) is 1. The maximum atomic E-state index is 12.5. The number of hydrogen-bond donors (Lipinski definition) is 2. The number of carbonyl (C=O) groups is 3. The van der Waals surface area contributed by atoms with Crippen LogP contribution in [0.4, 0.5) is 5.69 Å². The second-order valence-electron chi connectivity index (χ2n) is 6.92. The Hall–Kier alpha value is -2.70. The van der Waals surface area contributed by atoms with E-state index in [9.17, 15) is 19.5 Å². The summed E-state index contributed by atoms with van der Waals surface area (Å²) in [5.41, 5.74) is -0.0282. The van der Waals surface area contributed by atoms with Crippen LogP contribution in [-0.2, 0) is 14.4 Å². The molecule has 1 aliphatic carbocycles. The Morgan fingerprint density at radius 3 is 2.46 bits per heavy atom. The summed E-state index contributed by atoms with van der Waals surface area (Å²) in [5, 5.41) is 17.8. The monoisotopic (exact) mass is 357 g/mol. The first-order valence-corrected chi connectivity index (χ1v) is 8.99. The van der Waals surface area contributed by atoms with Crippen LogP contribution in [0.15, 0.2) is 35.4 Å². The van der Waals surface area contributed by atoms with Crippen LogP contribution in [0.5, 0.6) is 0 Å². The first kappa shape index (κ1) is 18.1. The van der Waals surface area contributed by atoms with Crippen LogP contribution >= 0.6 is 0 Å². The van der Waals surface area contributed by atoms with E-state index in [2.05, 4.69) is 10.4 Å². The molecule has 0 saturated heterocycles. The molecule has 1 aromatic rings. The average Bonchev–Trinajstić information content (AvgIpc) is 2.68. The highest BCUT2D eigenvalue weighted by molar-refractivity contribution is 6.40. The molecular formula is C19H23N3O4. The lowest BCUT2D eigenvalue weighted by Gasteiger charge is -2.33. The first-order chi connectivity index (χ1) is 12.5. The van der Waals surface area contributed by atoms with Gasteiger partial charge in [0.05, 0.1) is 11.1 Å². The number of anilines is 1. The summed E-state index contributed by atoms with van der Waals surface area (Å²) in [5.74, 6) is -1.42. The highest BCUT2D eigenvalue weighted by Gasteiger charge is 2.40. The number of carboxylic acid groups (broad SMARTS) is 1. The second kappa shape index (κ2) is 7.68. The van der Waals surface area contributed by atoms with E-state index >= 15 is 0 Å². The lowest BCUT2D eigenvalue weighted by Crippen LogP contribution is -2.47. The van der Waals surface area contributed by atoms with Crippen LogP contribution in [0.1, 0.15) is 44.9 Å². The molecule has 2 aliphatic rings. The minimum atomic E-state index is -0.891. The van der Waals surface area contributed by atoms with Gasteiger partial charge in [-0.2, -0.15) is 5.10 Å². The third kappa shape index (κ3) is 3.76. The van der Waals surface area contributed by atoms with Crippen LogP contribution in [-0.4, -0.2) is 35.1 Å². The van der Waals surface area contributed by atoms with Crippen molar-refractivity contribution in [1.29, 1.82) is 0 Å². The van der Waals surface area contributed by atoms with Crippen LogP contribution in [0.3, 0.4) is 0 Å². The highest BCUT2D eigenvalue weighted by atomic mass is 16.4. The van der Waals surface area contributed by atoms with Crippen molar-refractivity contribution in [3.8, 4) is 0 Å². The lowest BCUT2D eigenvalue weighted by molar-refractivity contribution is -0.150. The molecule has 2 amide bonds. The summed E-state index contributed by atoms with van der Waals surface area (Å²) in [6.07, 6.45) is 4.36. The molecule has 0 atom stereocenters. The Labute approximate surface area is 152 Å². The van der Waals surface area contributed by atoms with Gasteiger partial charge >= 0.3 is 5.97 Å². The maximum absolute atomic E-state index is 12.5. The summed E-state index contributed by atoms with van der Waals surface area (Å²) in [6, 6.07) is 8.94. The topological polar surface area (TPSA) is 99.1 Å². The minimum absolute atomic E-state index is 0.0967. The number of para-hydroxylation sites is 1. The highest BCUT2D eigenvalue weighted by Crippen LogP contribution is 2.36. The number of hydrogen-bond acceptors (Lipinski definition) is 4. The quantitative estimate of drug-likeness (QED) is 0.845. The summed E-state index contributed by atoms with van der Waals surface area (Å²) >= 11 is 0. The van der Waals surface area contributed by atoms with Gasteiger partial charge in [0.1, 0.15) is 5.71 Å². The number of carbonyl (C=O) groups excluding carboxylic acids is 2. The van der Waals surface area contributed by atoms with Gasteiger partial charge in [0.25, 0.3) is 5.91 Å². The molecule has 1 heterocycles. The summed E-state index contributed by atoms with van der Waals surface area (Å²) in [7, 11) is 0. The molecule has 0 aromatic heterocycles. The van der Waals surface area contributed by atoms with Gasteiger partial charge in [-0.25, -0.2) is 5.01 Å². The zero-order valence-electron chi connectivity index (χ0n) is 14.6. The molecule has 1 aliphatic heterocycles. The van der Waals surface area contributed by atoms with Crippen LogP contribution in [0, 0.1) is 5.41 Å². The Balaban J connectivity index is 1.71. The van der Waals surface area contributed by atoms with Crippen molar-refractivity contribution in [2.75, 3.05) is 11.6 Å². The van der Waals surface area contributed by atoms with E-state index in [-0.39, 0.29) is 31.0 Å². The number of aliphatic carboxylic acids is 1. The molecule has 1 fully saturated rings. The van der Waals surface area contributed by atoms with Gasteiger partial charge in [0.15, 0.2) is 0 Å². The molecule has 3 rings (SSSR count). The molecule has 2 N–H and O–H groups in total. The Morgan fingerprint density at radius 1 is 1.12 bits per heavy atom. The molecule has 1 aromatic carbocycles. The van der Waals surface area contributed by atoms with Gasteiger partial charge in [-0.1, -0.05) is 37.5 Å². The fourth-order valence-corrected chi connectivity index (χ4v) is 3.53. The largest absolute Gasteiger partial charge is 0.481 e. The smallest absolute Gasteiger partial charge is 0.311 e. The van der Waals surface area contributed by atoms with Gasteiger partial charge in [0.2, 0.25) is 5.91 Å². The number of amides is 2. The minimum Gasteiger partial charge on any atom is -0.481 e. The molecule has 7 heteroatoms. The van der Waals surface area contributed by atoms with Crippen LogP contribution < -0.4 is 10.3 Å². The average molecular weight is 357 g/mol. The van der Waals surface area contributed by atoms with E-state index in [1.54, 1.807) is 24.3 Å². The summed E-state index contributed by atoms with van der Waals surface area (Å²) in [6.45, 7) is 0.0967. The van der Waals surface area contributed by atoms with E-state index in [0.29, 0.717) is 18.5 Å². The van der Waals surface area contributed by atoms with E-state index < -0.39 is 17.3 Å². The van der Waals surface area contributed by atoms with E-state index in [1.807, 2.05) is 6.07 Å². The fourth-order valence-electron chi connectivity index (χ4n) is 3.53. The van der Waals surface area contributed by atoms with Gasteiger partial charge < -0.3 is 10.4 Å². The van der Waals surface area contributed by atoms with Crippen molar-refractivity contribution in [1.82, 2.24) is 5.32 Å². The van der Waals surface area contributed by atoms with E-state index in [0.717, 1.165) is 19.3 Å². The second-order valence-corrected chi connectivity index (χ2v) is 6.92. The predicted octanol–water partition coefficient (Wildman–Crippen LogP) is 2.32. The molecule has 7 nitrogen and oxygen atoms in total. The van der Waals surface area contributed by atoms with Crippen molar-refractivity contribution < 1.29 is 19.5 Å². The van der Waals surface area contributed by atoms with Crippen molar-refractivity contribution >= 4 is 29.2 Å². The SMILES string of the molecule is O=C(NCC1(C(=O)O)CCCCC1)C1=NN(c2ccccc2)C(=O)CC1. The maximum Gasteiger partial charge on any atom is 0.311 e. The molecule has 0 spiro atoms. The zero-order chi connectivity index (χ0) is 18.6. The first-order valence-electron chi connectivity index (χ1n) is 8.99. The molecule has 0 bridgehead atoms. The van der Waals surface area contributed by atoms with Gasteiger partial charge in [-0.05, 0) is 25.0 Å². The van der Waals surface area contributed by atoms with E-state index in [4.69, 9.17) is 0 Å². The standard InChI is InChI=1S/C19H23N3O4/c23-16-10-9-15(21-22(16)14-7-3-1-4-8-14)17(24)20-13-19(18(25)26)11-5-2-6-12-19/h1,3-4,7-8H,2,5-6,9-13H2,(H,20,24)(H,25,26). The fraction of sp³-hybridized carbons (Fsp3) is 0.474.